The van der Waals surface area contributed by atoms with E-state index in [1.807, 2.05) is 12.1 Å². The zero-order chi connectivity index (χ0) is 17.6. The smallest absolute Gasteiger partial charge is 0.321 e. The lowest BCUT2D eigenvalue weighted by atomic mass is 10.3. The van der Waals surface area contributed by atoms with Crippen molar-refractivity contribution in [3.8, 4) is 5.75 Å². The van der Waals surface area contributed by atoms with Crippen LogP contribution < -0.4 is 15.4 Å². The molecule has 1 aliphatic heterocycles. The fourth-order valence-electron chi connectivity index (χ4n) is 2.74. The predicted octanol–water partition coefficient (Wildman–Crippen LogP) is 2.60. The Bertz CT molecular complexity index is 712. The third-order valence-electron chi connectivity index (χ3n) is 3.95. The second kappa shape index (κ2) is 7.74. The Kier molecular flexibility index (Phi) is 5.23. The Morgan fingerprint density at radius 1 is 1.28 bits per heavy atom. The number of carbonyl (C=O) groups is 2. The molecule has 0 bridgehead atoms. The fraction of sp³-hybridized carbons (Fsp3) is 0.333. The normalized spacial score (nSPS) is 16.5. The number of nitrogens with one attached hydrogen (secondary N) is 2. The number of carbonyl (C=O) groups excluding carboxylic acids is 2. The van der Waals surface area contributed by atoms with E-state index in [2.05, 4.69) is 10.6 Å². The van der Waals surface area contributed by atoms with Crippen molar-refractivity contribution in [2.75, 3.05) is 18.4 Å². The van der Waals surface area contributed by atoms with Crippen molar-refractivity contribution in [3.63, 3.8) is 0 Å². The van der Waals surface area contributed by atoms with Gasteiger partial charge in [0.2, 0.25) is 5.91 Å². The van der Waals surface area contributed by atoms with Crippen molar-refractivity contribution < 1.29 is 18.7 Å². The standard InChI is InChI=1S/C18H21N3O4/c1-13(22)19-15-8-9-21(11-15)18(23)20-14-4-6-16(7-5-14)25-12-17-3-2-10-24-17/h2-7,10,15H,8-9,11-12H2,1H3,(H,19,22)(H,20,23)/t15-/m1/s1. The number of hydrogen-bond donors (Lipinski definition) is 2. The number of furan rings is 1. The molecule has 1 saturated heterocycles. The highest BCUT2D eigenvalue weighted by Gasteiger charge is 2.26. The van der Waals surface area contributed by atoms with Crippen LogP contribution in [0.5, 0.6) is 5.75 Å². The second-order valence-corrected chi connectivity index (χ2v) is 5.95. The Hall–Kier alpha value is -2.96. The summed E-state index contributed by atoms with van der Waals surface area (Å²) in [6, 6.07) is 10.7. The number of benzene rings is 1. The number of urea groups is 1. The molecule has 25 heavy (non-hydrogen) atoms. The first kappa shape index (κ1) is 16.9. The van der Waals surface area contributed by atoms with Gasteiger partial charge in [-0.2, -0.15) is 0 Å². The van der Waals surface area contributed by atoms with Gasteiger partial charge in [-0.25, -0.2) is 4.79 Å². The monoisotopic (exact) mass is 343 g/mol. The van der Waals surface area contributed by atoms with Gasteiger partial charge in [0.1, 0.15) is 18.1 Å². The topological polar surface area (TPSA) is 83.8 Å². The number of hydrogen-bond acceptors (Lipinski definition) is 4. The average Bonchev–Trinajstić information content (AvgIpc) is 3.25. The van der Waals surface area contributed by atoms with Gasteiger partial charge in [-0.3, -0.25) is 4.79 Å². The minimum Gasteiger partial charge on any atom is -0.486 e. The first-order valence-corrected chi connectivity index (χ1v) is 8.18. The molecule has 1 aromatic heterocycles. The van der Waals surface area contributed by atoms with E-state index >= 15 is 0 Å². The van der Waals surface area contributed by atoms with Gasteiger partial charge in [-0.15, -0.1) is 0 Å². The molecule has 0 spiro atoms. The molecule has 7 nitrogen and oxygen atoms in total. The van der Waals surface area contributed by atoms with Gasteiger partial charge in [0.25, 0.3) is 0 Å². The van der Waals surface area contributed by atoms with Crippen LogP contribution in [0, 0.1) is 0 Å². The molecule has 0 radical (unpaired) electrons. The zero-order valence-electron chi connectivity index (χ0n) is 14.0. The molecular weight excluding hydrogens is 322 g/mol. The summed E-state index contributed by atoms with van der Waals surface area (Å²) in [6.45, 7) is 2.99. The maximum atomic E-state index is 12.3. The molecule has 1 aliphatic rings. The number of amides is 3. The van der Waals surface area contributed by atoms with E-state index in [0.29, 0.717) is 31.1 Å². The summed E-state index contributed by atoms with van der Waals surface area (Å²) in [5, 5.41) is 5.69. The SMILES string of the molecule is CC(=O)N[C@@H]1CCN(C(=O)Nc2ccc(OCc3ccco3)cc2)C1. The van der Waals surface area contributed by atoms with Gasteiger partial charge in [0, 0.05) is 31.7 Å². The van der Waals surface area contributed by atoms with Crippen LogP contribution in [-0.2, 0) is 11.4 Å². The van der Waals surface area contributed by atoms with E-state index in [4.69, 9.17) is 9.15 Å². The van der Waals surface area contributed by atoms with Crippen LogP contribution in [0.25, 0.3) is 0 Å². The quantitative estimate of drug-likeness (QED) is 0.874. The van der Waals surface area contributed by atoms with Crippen LogP contribution in [0.1, 0.15) is 19.1 Å². The van der Waals surface area contributed by atoms with Crippen molar-refractivity contribution in [2.45, 2.75) is 26.0 Å². The Labute approximate surface area is 145 Å². The molecule has 1 aromatic carbocycles. The maximum absolute atomic E-state index is 12.3. The van der Waals surface area contributed by atoms with Crippen molar-refractivity contribution in [3.05, 3.63) is 48.4 Å². The van der Waals surface area contributed by atoms with E-state index < -0.39 is 0 Å². The highest BCUT2D eigenvalue weighted by atomic mass is 16.5. The lowest BCUT2D eigenvalue weighted by Crippen LogP contribution is -2.38. The summed E-state index contributed by atoms with van der Waals surface area (Å²) in [7, 11) is 0. The van der Waals surface area contributed by atoms with Crippen molar-refractivity contribution >= 4 is 17.6 Å². The van der Waals surface area contributed by atoms with E-state index in [9.17, 15) is 9.59 Å². The number of anilines is 1. The third-order valence-corrected chi connectivity index (χ3v) is 3.95. The number of rotatable bonds is 5. The van der Waals surface area contributed by atoms with Crippen LogP contribution in [0.4, 0.5) is 10.5 Å². The van der Waals surface area contributed by atoms with E-state index in [-0.39, 0.29) is 18.0 Å². The molecular formula is C18H21N3O4. The number of likely N-dealkylation sites (tertiary alicyclic amines) is 1. The molecule has 0 saturated carbocycles. The minimum atomic E-state index is -0.169. The largest absolute Gasteiger partial charge is 0.486 e. The zero-order valence-corrected chi connectivity index (χ0v) is 14.0. The predicted molar refractivity (Wildman–Crippen MR) is 92.3 cm³/mol. The van der Waals surface area contributed by atoms with Gasteiger partial charge in [-0.05, 0) is 42.8 Å². The summed E-state index contributed by atoms with van der Waals surface area (Å²) in [4.78, 5) is 25.0. The Morgan fingerprint density at radius 2 is 2.08 bits per heavy atom. The first-order chi connectivity index (χ1) is 12.1. The lowest BCUT2D eigenvalue weighted by Gasteiger charge is -2.17. The molecule has 2 N–H and O–H groups in total. The third kappa shape index (κ3) is 4.76. The van der Waals surface area contributed by atoms with E-state index in [1.165, 1.54) is 6.92 Å². The molecule has 2 aromatic rings. The van der Waals surface area contributed by atoms with Gasteiger partial charge in [-0.1, -0.05) is 0 Å². The minimum absolute atomic E-state index is 0.0284. The summed E-state index contributed by atoms with van der Waals surface area (Å²) < 4.78 is 10.8. The summed E-state index contributed by atoms with van der Waals surface area (Å²) in [5.74, 6) is 1.37. The molecule has 0 aliphatic carbocycles. The van der Waals surface area contributed by atoms with E-state index in [1.54, 1.807) is 35.4 Å². The molecule has 0 unspecified atom stereocenters. The van der Waals surface area contributed by atoms with Crippen molar-refractivity contribution in [1.82, 2.24) is 10.2 Å². The molecule has 7 heteroatoms. The van der Waals surface area contributed by atoms with Crippen LogP contribution in [-0.4, -0.2) is 36.0 Å². The molecule has 3 rings (SSSR count). The molecule has 3 amide bonds. The summed E-state index contributed by atoms with van der Waals surface area (Å²) >= 11 is 0. The van der Waals surface area contributed by atoms with Crippen molar-refractivity contribution in [2.24, 2.45) is 0 Å². The highest BCUT2D eigenvalue weighted by Crippen LogP contribution is 2.18. The Balaban J connectivity index is 1.48. The molecule has 132 valence electrons. The second-order valence-electron chi connectivity index (χ2n) is 5.95. The summed E-state index contributed by atoms with van der Waals surface area (Å²) in [5.41, 5.74) is 0.693. The molecule has 1 fully saturated rings. The highest BCUT2D eigenvalue weighted by molar-refractivity contribution is 5.89. The maximum Gasteiger partial charge on any atom is 0.321 e. The van der Waals surface area contributed by atoms with Gasteiger partial charge in [0.05, 0.1) is 6.26 Å². The first-order valence-electron chi connectivity index (χ1n) is 8.18. The molecule has 2 heterocycles. The van der Waals surface area contributed by atoms with Gasteiger partial charge in [0.15, 0.2) is 0 Å². The number of ether oxygens (including phenoxy) is 1. The lowest BCUT2D eigenvalue weighted by molar-refractivity contribution is -0.119. The average molecular weight is 343 g/mol. The molecule has 1 atom stereocenters. The van der Waals surface area contributed by atoms with Gasteiger partial charge < -0.3 is 24.7 Å². The fourth-order valence-corrected chi connectivity index (χ4v) is 2.74. The van der Waals surface area contributed by atoms with Crippen LogP contribution in [0.2, 0.25) is 0 Å². The number of nitrogens with zero attached hydrogens (tertiary/aromatic N) is 1. The van der Waals surface area contributed by atoms with Crippen LogP contribution in [0.3, 0.4) is 0 Å². The van der Waals surface area contributed by atoms with Crippen LogP contribution in [0.15, 0.2) is 47.1 Å². The van der Waals surface area contributed by atoms with E-state index in [0.717, 1.165) is 12.2 Å². The summed E-state index contributed by atoms with van der Waals surface area (Å²) in [6.07, 6.45) is 2.37. The van der Waals surface area contributed by atoms with Crippen LogP contribution >= 0.6 is 0 Å². The Morgan fingerprint density at radius 3 is 2.76 bits per heavy atom. The van der Waals surface area contributed by atoms with Gasteiger partial charge >= 0.3 is 6.03 Å². The van der Waals surface area contributed by atoms with Crippen molar-refractivity contribution in [1.29, 1.82) is 0 Å².